The Balaban J connectivity index is 1.49. The molecule has 0 saturated heterocycles. The number of nitrogen functional groups attached to an aromatic ring is 1. The summed E-state index contributed by atoms with van der Waals surface area (Å²) in [5.41, 5.74) is 9.29. The molecule has 4 aromatic heterocycles. The van der Waals surface area contributed by atoms with Crippen molar-refractivity contribution in [1.29, 1.82) is 0 Å². The van der Waals surface area contributed by atoms with Gasteiger partial charge in [-0.05, 0) is 66.3 Å². The first kappa shape index (κ1) is 27.9. The number of rotatable bonds is 7. The Labute approximate surface area is 255 Å². The maximum absolute atomic E-state index is 14.5. The number of benzene rings is 2. The van der Waals surface area contributed by atoms with Gasteiger partial charge in [-0.25, -0.2) is 23.4 Å². The summed E-state index contributed by atoms with van der Waals surface area (Å²) < 4.78 is 36.6. The Hall–Kier alpha value is -3.92. The van der Waals surface area contributed by atoms with Crippen LogP contribution in [0.4, 0.5) is 14.6 Å². The molecule has 6 aromatic rings. The van der Waals surface area contributed by atoms with Gasteiger partial charge in [-0.15, -0.1) is 20.6 Å². The van der Waals surface area contributed by atoms with E-state index in [1.165, 1.54) is 41.1 Å². The van der Waals surface area contributed by atoms with E-state index < -0.39 is 18.2 Å². The highest BCUT2D eigenvalue weighted by molar-refractivity contribution is 7.27. The monoisotopic (exact) mass is 636 g/mol. The van der Waals surface area contributed by atoms with Gasteiger partial charge in [0.2, 0.25) is 6.36 Å². The van der Waals surface area contributed by atoms with Gasteiger partial charge in [-0.3, -0.25) is 9.20 Å². The minimum atomic E-state index is -1.47. The summed E-state index contributed by atoms with van der Waals surface area (Å²) in [6.45, 7) is 1.31. The summed E-state index contributed by atoms with van der Waals surface area (Å²) in [6, 6.07) is 12.8. The fourth-order valence-electron chi connectivity index (χ4n) is 5.59. The number of alkyl halides is 1. The number of thiazole rings is 1. The summed E-state index contributed by atoms with van der Waals surface area (Å²) in [5, 5.41) is 8.24. The Bertz CT molecular complexity index is 2110. The van der Waals surface area contributed by atoms with Gasteiger partial charge >= 0.3 is 0 Å². The van der Waals surface area contributed by atoms with Crippen LogP contribution < -0.4 is 21.3 Å². The van der Waals surface area contributed by atoms with E-state index in [0.717, 1.165) is 12.8 Å². The number of hydrogen-bond acceptors (Lipinski definition) is 7. The van der Waals surface area contributed by atoms with Crippen LogP contribution in [0.2, 0.25) is 5.15 Å². The smallest absolute Gasteiger partial charge is 0.265 e. The van der Waals surface area contributed by atoms with Crippen molar-refractivity contribution in [2.24, 2.45) is 5.92 Å². The summed E-state index contributed by atoms with van der Waals surface area (Å²) in [6.07, 6.45) is 1.71. The molecule has 0 bridgehead atoms. The molecule has 8 nitrogen and oxygen atoms in total. The van der Waals surface area contributed by atoms with Crippen LogP contribution in [0.25, 0.3) is 38.2 Å². The summed E-state index contributed by atoms with van der Waals surface area (Å²) in [5.74, 6) is 0.309. The molecule has 13 heteroatoms. The number of nitrogens with zero attached hydrogens (tertiary/aromatic N) is 5. The van der Waals surface area contributed by atoms with Gasteiger partial charge in [0.1, 0.15) is 39.4 Å². The molecule has 4 heterocycles. The van der Waals surface area contributed by atoms with Crippen LogP contribution in [0.3, 0.4) is 0 Å². The predicted molar refractivity (Wildman–Crippen MR) is 169 cm³/mol. The number of anilines is 1. The first-order valence-corrected chi connectivity index (χ1v) is 15.3. The standard InChI is InChI=1S/C30H24ClF2N6O2PS/c1-14(32)41-20-8-7-17(10-21(20)42)26-25-28(34)35-13-36-29(25)39(37-26)27(15-5-6-15)19-11-23-38(22(31)12-43-23)30(40)24(19)16-3-2-4-18(33)9-16/h2-4,7-15,27H,5-6,42H2,1H3,(H2,34,35,36)/t14?,27-/m0/s1. The van der Waals surface area contributed by atoms with Crippen molar-refractivity contribution in [2.45, 2.75) is 32.2 Å². The van der Waals surface area contributed by atoms with Crippen molar-refractivity contribution < 1.29 is 13.5 Å². The third-order valence-corrected chi connectivity index (χ3v) is 9.29. The lowest BCUT2D eigenvalue weighted by Crippen LogP contribution is -2.23. The number of ether oxygens (including phenoxy) is 1. The van der Waals surface area contributed by atoms with Crippen LogP contribution in [-0.4, -0.2) is 30.5 Å². The van der Waals surface area contributed by atoms with E-state index in [0.29, 0.717) is 54.9 Å². The van der Waals surface area contributed by atoms with Crippen molar-refractivity contribution in [3.05, 3.63) is 87.1 Å². The van der Waals surface area contributed by atoms with Crippen LogP contribution in [0.15, 0.2) is 65.0 Å². The average molecular weight is 637 g/mol. The number of halogens is 3. The summed E-state index contributed by atoms with van der Waals surface area (Å²) >= 11 is 7.78. The fraction of sp³-hybridized carbons (Fsp3) is 0.200. The van der Waals surface area contributed by atoms with Gasteiger partial charge in [0.15, 0.2) is 5.65 Å². The lowest BCUT2D eigenvalue weighted by molar-refractivity contribution is 0.0873. The SMILES string of the molecule is CC(F)Oc1ccc(-c2nn([C@H](c3cc4scc(Cl)n4c(=O)c3-c3cccc(F)c3)C3CC3)c3ncnc(N)c23)cc1P. The summed E-state index contributed by atoms with van der Waals surface area (Å²) in [4.78, 5) is 23.6. The normalized spacial score (nSPS) is 14.8. The molecule has 2 N–H and O–H groups in total. The molecule has 43 heavy (non-hydrogen) atoms. The van der Waals surface area contributed by atoms with Crippen LogP contribution in [0.1, 0.15) is 31.4 Å². The molecule has 2 unspecified atom stereocenters. The number of nitrogens with two attached hydrogens (primary N) is 1. The van der Waals surface area contributed by atoms with E-state index in [1.54, 1.807) is 34.3 Å². The molecule has 218 valence electrons. The van der Waals surface area contributed by atoms with Crippen molar-refractivity contribution >= 4 is 59.2 Å². The van der Waals surface area contributed by atoms with Crippen LogP contribution in [0, 0.1) is 11.7 Å². The van der Waals surface area contributed by atoms with Gasteiger partial charge in [-0.1, -0.05) is 23.7 Å². The molecular formula is C30H24ClF2N6O2PS. The number of aromatic nitrogens is 5. The molecule has 0 spiro atoms. The average Bonchev–Trinajstić information content (AvgIpc) is 3.62. The topological polar surface area (TPSA) is 100 Å². The fourth-order valence-corrected chi connectivity index (χ4v) is 7.09. The first-order valence-electron chi connectivity index (χ1n) is 13.5. The molecule has 2 aromatic carbocycles. The zero-order chi connectivity index (χ0) is 30.0. The number of hydrogen-bond donors (Lipinski definition) is 1. The van der Waals surface area contributed by atoms with E-state index in [4.69, 9.17) is 27.2 Å². The van der Waals surface area contributed by atoms with Crippen LogP contribution >= 0.6 is 32.2 Å². The van der Waals surface area contributed by atoms with Crippen LogP contribution in [-0.2, 0) is 0 Å². The molecule has 1 aliphatic carbocycles. The Morgan fingerprint density at radius 3 is 2.70 bits per heavy atom. The molecule has 1 saturated carbocycles. The zero-order valence-electron chi connectivity index (χ0n) is 22.7. The Morgan fingerprint density at radius 1 is 1.16 bits per heavy atom. The van der Waals surface area contributed by atoms with Gasteiger partial charge < -0.3 is 10.5 Å². The molecule has 7 rings (SSSR count). The molecule has 1 fully saturated rings. The van der Waals surface area contributed by atoms with Gasteiger partial charge in [0.25, 0.3) is 5.56 Å². The van der Waals surface area contributed by atoms with E-state index in [1.807, 2.05) is 12.1 Å². The second-order valence-corrected chi connectivity index (χ2v) is 12.4. The van der Waals surface area contributed by atoms with E-state index >= 15 is 0 Å². The number of fused-ring (bicyclic) bond motifs is 2. The molecule has 0 amide bonds. The minimum absolute atomic E-state index is 0.135. The molecule has 1 aliphatic rings. The van der Waals surface area contributed by atoms with Crippen molar-refractivity contribution in [3.8, 4) is 28.1 Å². The highest BCUT2D eigenvalue weighted by atomic mass is 35.5. The molecule has 0 aliphatic heterocycles. The highest BCUT2D eigenvalue weighted by Gasteiger charge is 2.39. The van der Waals surface area contributed by atoms with E-state index in [-0.39, 0.29) is 22.4 Å². The maximum Gasteiger partial charge on any atom is 0.265 e. The third kappa shape index (κ3) is 4.85. The third-order valence-electron chi connectivity index (χ3n) is 7.55. The van der Waals surface area contributed by atoms with Gasteiger partial charge in [0.05, 0.1) is 17.0 Å². The predicted octanol–water partition coefficient (Wildman–Crippen LogP) is 6.40. The molecule has 3 atom stereocenters. The highest BCUT2D eigenvalue weighted by Crippen LogP contribution is 2.48. The number of pyridine rings is 1. The van der Waals surface area contributed by atoms with Gasteiger partial charge in [-0.2, -0.15) is 5.10 Å². The van der Waals surface area contributed by atoms with Gasteiger partial charge in [0, 0.05) is 23.2 Å². The quantitative estimate of drug-likeness (QED) is 0.204. The maximum atomic E-state index is 14.5. The lowest BCUT2D eigenvalue weighted by atomic mass is 9.93. The zero-order valence-corrected chi connectivity index (χ0v) is 25.4. The molecular weight excluding hydrogens is 613 g/mol. The lowest BCUT2D eigenvalue weighted by Gasteiger charge is -2.22. The minimum Gasteiger partial charge on any atom is -0.460 e. The van der Waals surface area contributed by atoms with E-state index in [9.17, 15) is 13.6 Å². The Kier molecular flexibility index (Phi) is 6.91. The van der Waals surface area contributed by atoms with Crippen molar-refractivity contribution in [1.82, 2.24) is 24.1 Å². The Morgan fingerprint density at radius 2 is 1.98 bits per heavy atom. The van der Waals surface area contributed by atoms with Crippen molar-refractivity contribution in [2.75, 3.05) is 5.73 Å². The largest absolute Gasteiger partial charge is 0.460 e. The van der Waals surface area contributed by atoms with E-state index in [2.05, 4.69) is 19.2 Å². The molecule has 0 radical (unpaired) electrons. The second kappa shape index (κ2) is 10.7. The second-order valence-electron chi connectivity index (χ2n) is 10.5. The first-order chi connectivity index (χ1) is 20.7. The van der Waals surface area contributed by atoms with Crippen LogP contribution in [0.5, 0.6) is 5.75 Å². The summed E-state index contributed by atoms with van der Waals surface area (Å²) in [7, 11) is 2.56. The van der Waals surface area contributed by atoms with Crippen molar-refractivity contribution in [3.63, 3.8) is 0 Å².